The van der Waals surface area contributed by atoms with Gasteiger partial charge in [-0.3, -0.25) is 4.90 Å². The summed E-state index contributed by atoms with van der Waals surface area (Å²) in [5, 5.41) is 5.04. The second-order valence-electron chi connectivity index (χ2n) is 7.74. The maximum absolute atomic E-state index is 3.64. The number of benzene rings is 1. The molecule has 24 heavy (non-hydrogen) atoms. The van der Waals surface area contributed by atoms with Crippen LogP contribution >= 0.6 is 0 Å². The van der Waals surface area contributed by atoms with Crippen LogP contribution in [0.5, 0.6) is 0 Å². The summed E-state index contributed by atoms with van der Waals surface area (Å²) in [6, 6.07) is 9.98. The summed E-state index contributed by atoms with van der Waals surface area (Å²) >= 11 is 0. The Labute approximate surface area is 145 Å². The van der Waals surface area contributed by atoms with Crippen molar-refractivity contribution in [2.75, 3.05) is 32.7 Å². The second kappa shape index (κ2) is 6.87. The summed E-state index contributed by atoms with van der Waals surface area (Å²) in [5.41, 5.74) is 4.28. The quantitative estimate of drug-likeness (QED) is 0.906. The minimum absolute atomic E-state index is 0.623. The zero-order valence-corrected chi connectivity index (χ0v) is 15.0. The van der Waals surface area contributed by atoms with E-state index in [0.29, 0.717) is 12.1 Å². The highest BCUT2D eigenvalue weighted by molar-refractivity contribution is 5.84. The van der Waals surface area contributed by atoms with Crippen molar-refractivity contribution in [1.82, 2.24) is 20.1 Å². The zero-order valence-electron chi connectivity index (χ0n) is 15.0. The van der Waals surface area contributed by atoms with E-state index < -0.39 is 0 Å². The molecule has 1 fully saturated rings. The molecular formula is C20H30N4. The van der Waals surface area contributed by atoms with Crippen LogP contribution in [0.2, 0.25) is 0 Å². The van der Waals surface area contributed by atoms with Crippen molar-refractivity contribution in [3.63, 3.8) is 0 Å². The Morgan fingerprint density at radius 2 is 1.79 bits per heavy atom. The van der Waals surface area contributed by atoms with Crippen LogP contribution in [0.4, 0.5) is 0 Å². The standard InChI is InChI=1S/C20H30N4/c1-15-12-24(13-16(2)21-15)10-5-9-23-11-8-18-17-6-3-4-7-19(17)22-20(18)14-23/h3-4,6-7,15-16,21-22H,5,8-14H2,1-2H3/t15-,16-/m1/s1. The maximum atomic E-state index is 3.64. The van der Waals surface area contributed by atoms with Crippen molar-refractivity contribution < 1.29 is 0 Å². The lowest BCUT2D eigenvalue weighted by atomic mass is 10.0. The van der Waals surface area contributed by atoms with E-state index in [4.69, 9.17) is 0 Å². The molecular weight excluding hydrogens is 296 g/mol. The number of nitrogens with zero attached hydrogens (tertiary/aromatic N) is 2. The van der Waals surface area contributed by atoms with Crippen LogP contribution < -0.4 is 5.32 Å². The van der Waals surface area contributed by atoms with Gasteiger partial charge < -0.3 is 15.2 Å². The molecule has 2 aromatic rings. The number of aromatic amines is 1. The first-order valence-corrected chi connectivity index (χ1v) is 9.48. The van der Waals surface area contributed by atoms with Crippen LogP contribution in [-0.2, 0) is 13.0 Å². The summed E-state index contributed by atoms with van der Waals surface area (Å²) in [7, 11) is 0. The van der Waals surface area contributed by atoms with Gasteiger partial charge in [0.2, 0.25) is 0 Å². The van der Waals surface area contributed by atoms with Gasteiger partial charge in [0.05, 0.1) is 0 Å². The van der Waals surface area contributed by atoms with Crippen LogP contribution in [0.1, 0.15) is 31.5 Å². The zero-order chi connectivity index (χ0) is 16.5. The molecule has 0 aliphatic carbocycles. The third-order valence-corrected chi connectivity index (χ3v) is 5.54. The molecule has 2 N–H and O–H groups in total. The fraction of sp³-hybridized carbons (Fsp3) is 0.600. The molecule has 1 aromatic heterocycles. The fourth-order valence-corrected chi connectivity index (χ4v) is 4.58. The number of nitrogens with one attached hydrogen (secondary N) is 2. The van der Waals surface area contributed by atoms with Crippen LogP contribution in [0.25, 0.3) is 10.9 Å². The molecule has 0 unspecified atom stereocenters. The molecule has 0 saturated carbocycles. The average molecular weight is 326 g/mol. The first-order valence-electron chi connectivity index (χ1n) is 9.48. The van der Waals surface area contributed by atoms with E-state index in [1.54, 1.807) is 5.56 Å². The highest BCUT2D eigenvalue weighted by Crippen LogP contribution is 2.27. The normalized spacial score (nSPS) is 25.9. The largest absolute Gasteiger partial charge is 0.357 e. The molecule has 2 atom stereocenters. The molecule has 4 nitrogen and oxygen atoms in total. The molecule has 4 rings (SSSR count). The number of hydrogen-bond acceptors (Lipinski definition) is 3. The summed E-state index contributed by atoms with van der Waals surface area (Å²) in [6.45, 7) is 11.7. The van der Waals surface area contributed by atoms with Gasteiger partial charge in [-0.15, -0.1) is 0 Å². The van der Waals surface area contributed by atoms with E-state index in [-0.39, 0.29) is 0 Å². The number of fused-ring (bicyclic) bond motifs is 3. The first kappa shape index (κ1) is 16.1. The first-order chi connectivity index (χ1) is 11.7. The molecule has 2 aliphatic heterocycles. The minimum Gasteiger partial charge on any atom is -0.357 e. The van der Waals surface area contributed by atoms with Gasteiger partial charge in [0, 0.05) is 54.9 Å². The number of hydrogen-bond donors (Lipinski definition) is 2. The van der Waals surface area contributed by atoms with Crippen LogP contribution in [0.15, 0.2) is 24.3 Å². The third-order valence-electron chi connectivity index (χ3n) is 5.54. The van der Waals surface area contributed by atoms with E-state index in [0.717, 1.165) is 6.54 Å². The smallest absolute Gasteiger partial charge is 0.0459 e. The second-order valence-corrected chi connectivity index (χ2v) is 7.74. The molecule has 1 aromatic carbocycles. The molecule has 0 amide bonds. The van der Waals surface area contributed by atoms with Gasteiger partial charge >= 0.3 is 0 Å². The lowest BCUT2D eigenvalue weighted by Gasteiger charge is -2.36. The Morgan fingerprint density at radius 3 is 2.62 bits per heavy atom. The molecule has 130 valence electrons. The number of rotatable bonds is 4. The van der Waals surface area contributed by atoms with Crippen molar-refractivity contribution >= 4 is 10.9 Å². The molecule has 4 heteroatoms. The van der Waals surface area contributed by atoms with E-state index in [1.807, 2.05) is 0 Å². The van der Waals surface area contributed by atoms with Gasteiger partial charge in [-0.1, -0.05) is 18.2 Å². The van der Waals surface area contributed by atoms with Crippen molar-refractivity contribution in [2.45, 2.75) is 45.3 Å². The van der Waals surface area contributed by atoms with Crippen LogP contribution in [0, 0.1) is 0 Å². The number of H-pyrrole nitrogens is 1. The highest BCUT2D eigenvalue weighted by Gasteiger charge is 2.22. The van der Waals surface area contributed by atoms with E-state index in [2.05, 4.69) is 58.2 Å². The number of piperazine rings is 1. The van der Waals surface area contributed by atoms with Crippen molar-refractivity contribution in [2.24, 2.45) is 0 Å². The molecule has 2 aliphatic rings. The van der Waals surface area contributed by atoms with Gasteiger partial charge in [-0.25, -0.2) is 0 Å². The summed E-state index contributed by atoms with van der Waals surface area (Å²) < 4.78 is 0. The monoisotopic (exact) mass is 326 g/mol. The lowest BCUT2D eigenvalue weighted by Crippen LogP contribution is -2.54. The SMILES string of the molecule is C[C@@H]1CN(CCCN2CCc3c([nH]c4ccccc34)C2)C[C@@H](C)N1. The maximum Gasteiger partial charge on any atom is 0.0459 e. The van der Waals surface area contributed by atoms with Gasteiger partial charge in [0.1, 0.15) is 0 Å². The predicted octanol–water partition coefficient (Wildman–Crippen LogP) is 2.60. The molecule has 0 radical (unpaired) electrons. The molecule has 0 bridgehead atoms. The summed E-state index contributed by atoms with van der Waals surface area (Å²) in [6.07, 6.45) is 2.45. The van der Waals surface area contributed by atoms with Gasteiger partial charge in [0.15, 0.2) is 0 Å². The fourth-order valence-electron chi connectivity index (χ4n) is 4.58. The van der Waals surface area contributed by atoms with E-state index >= 15 is 0 Å². The Kier molecular flexibility index (Phi) is 4.61. The van der Waals surface area contributed by atoms with Crippen molar-refractivity contribution in [3.8, 4) is 0 Å². The van der Waals surface area contributed by atoms with Crippen molar-refractivity contribution in [3.05, 3.63) is 35.5 Å². The molecule has 0 spiro atoms. The predicted molar refractivity (Wildman–Crippen MR) is 100 cm³/mol. The lowest BCUT2D eigenvalue weighted by molar-refractivity contribution is 0.159. The highest BCUT2D eigenvalue weighted by atomic mass is 15.2. The number of para-hydroxylation sites is 1. The molecule has 1 saturated heterocycles. The Hall–Kier alpha value is -1.36. The van der Waals surface area contributed by atoms with Gasteiger partial charge in [-0.2, -0.15) is 0 Å². The van der Waals surface area contributed by atoms with Gasteiger partial charge in [0.25, 0.3) is 0 Å². The Bertz CT molecular complexity index is 682. The Balaban J connectivity index is 1.31. The average Bonchev–Trinajstić information content (AvgIpc) is 2.91. The van der Waals surface area contributed by atoms with Crippen molar-refractivity contribution in [1.29, 1.82) is 0 Å². The van der Waals surface area contributed by atoms with E-state index in [1.165, 1.54) is 62.2 Å². The van der Waals surface area contributed by atoms with Gasteiger partial charge in [-0.05, 0) is 51.4 Å². The molecule has 3 heterocycles. The topological polar surface area (TPSA) is 34.3 Å². The third kappa shape index (κ3) is 3.37. The van der Waals surface area contributed by atoms with E-state index in [9.17, 15) is 0 Å². The van der Waals surface area contributed by atoms with Crippen LogP contribution in [-0.4, -0.2) is 59.6 Å². The number of aromatic nitrogens is 1. The summed E-state index contributed by atoms with van der Waals surface area (Å²) in [4.78, 5) is 8.88. The Morgan fingerprint density at radius 1 is 1.04 bits per heavy atom. The van der Waals surface area contributed by atoms with Crippen LogP contribution in [0.3, 0.4) is 0 Å². The summed E-state index contributed by atoms with van der Waals surface area (Å²) in [5.74, 6) is 0. The minimum atomic E-state index is 0.623.